The van der Waals surface area contributed by atoms with Gasteiger partial charge in [-0.25, -0.2) is 13.1 Å². The molecule has 6 heteroatoms. The number of nitrogens with zero attached hydrogens (tertiary/aromatic N) is 1. The summed E-state index contributed by atoms with van der Waals surface area (Å²) in [7, 11) is -3.56. The van der Waals surface area contributed by atoms with E-state index in [9.17, 15) is 13.2 Å². The Kier molecular flexibility index (Phi) is 5.71. The van der Waals surface area contributed by atoms with Crippen LogP contribution in [0.1, 0.15) is 36.7 Å². The molecule has 1 amide bonds. The molecule has 0 saturated carbocycles. The minimum Gasteiger partial charge on any atom is -0.339 e. The first-order valence-electron chi connectivity index (χ1n) is 6.76. The van der Waals surface area contributed by atoms with Crippen LogP contribution >= 0.6 is 0 Å². The van der Waals surface area contributed by atoms with Gasteiger partial charge in [-0.15, -0.1) is 0 Å². The Hall–Kier alpha value is -1.40. The van der Waals surface area contributed by atoms with Crippen molar-refractivity contribution in [3.8, 4) is 0 Å². The van der Waals surface area contributed by atoms with Gasteiger partial charge in [-0.3, -0.25) is 4.79 Å². The van der Waals surface area contributed by atoms with Gasteiger partial charge in [0.25, 0.3) is 5.91 Å². The Morgan fingerprint density at radius 2 is 1.80 bits per heavy atom. The molecule has 0 aromatic heterocycles. The summed E-state index contributed by atoms with van der Waals surface area (Å²) in [5, 5.41) is 0. The number of benzene rings is 1. The van der Waals surface area contributed by atoms with E-state index in [1.165, 1.54) is 6.07 Å². The lowest BCUT2D eigenvalue weighted by Gasteiger charge is -2.19. The number of nitrogens with one attached hydrogen (secondary N) is 1. The van der Waals surface area contributed by atoms with E-state index < -0.39 is 10.0 Å². The number of hydrogen-bond acceptors (Lipinski definition) is 3. The number of amides is 1. The monoisotopic (exact) mass is 298 g/mol. The van der Waals surface area contributed by atoms with E-state index in [-0.39, 0.29) is 10.8 Å². The molecule has 1 aromatic carbocycles. The maximum atomic E-state index is 12.3. The second-order valence-electron chi connectivity index (χ2n) is 4.46. The first kappa shape index (κ1) is 16.7. The smallest absolute Gasteiger partial charge is 0.253 e. The molecule has 0 aliphatic rings. The van der Waals surface area contributed by atoms with E-state index in [0.717, 1.165) is 0 Å². The highest BCUT2D eigenvalue weighted by Gasteiger charge is 2.19. The van der Waals surface area contributed by atoms with Crippen LogP contribution in [0.15, 0.2) is 23.1 Å². The van der Waals surface area contributed by atoms with E-state index in [0.29, 0.717) is 30.8 Å². The third-order valence-corrected chi connectivity index (χ3v) is 4.80. The van der Waals surface area contributed by atoms with E-state index in [2.05, 4.69) is 4.72 Å². The van der Waals surface area contributed by atoms with Crippen LogP contribution in [0.5, 0.6) is 0 Å². The van der Waals surface area contributed by atoms with E-state index in [4.69, 9.17) is 0 Å². The molecule has 0 saturated heterocycles. The molecule has 0 atom stereocenters. The minimum absolute atomic E-state index is 0.150. The normalized spacial score (nSPS) is 11.4. The zero-order chi connectivity index (χ0) is 15.3. The molecule has 0 radical (unpaired) electrons. The van der Waals surface area contributed by atoms with Crippen LogP contribution in [-0.2, 0) is 10.0 Å². The van der Waals surface area contributed by atoms with E-state index in [1.807, 2.05) is 13.8 Å². The van der Waals surface area contributed by atoms with Crippen LogP contribution < -0.4 is 4.72 Å². The van der Waals surface area contributed by atoms with Crippen LogP contribution in [0.4, 0.5) is 0 Å². The lowest BCUT2D eigenvalue weighted by Crippen LogP contribution is -2.31. The van der Waals surface area contributed by atoms with Crippen LogP contribution in [0.25, 0.3) is 0 Å². The van der Waals surface area contributed by atoms with Crippen molar-refractivity contribution in [2.75, 3.05) is 19.6 Å². The second kappa shape index (κ2) is 6.85. The molecule has 20 heavy (non-hydrogen) atoms. The zero-order valence-electron chi connectivity index (χ0n) is 12.4. The fourth-order valence-corrected chi connectivity index (χ4v) is 3.29. The Morgan fingerprint density at radius 3 is 2.30 bits per heavy atom. The predicted octanol–water partition coefficient (Wildman–Crippen LogP) is 1.78. The van der Waals surface area contributed by atoms with Gasteiger partial charge in [-0.05, 0) is 38.5 Å². The number of carbonyl (C=O) groups excluding carboxylic acids is 1. The fourth-order valence-electron chi connectivity index (χ4n) is 1.98. The van der Waals surface area contributed by atoms with Crippen molar-refractivity contribution >= 4 is 15.9 Å². The first-order chi connectivity index (χ1) is 9.37. The molecule has 0 spiro atoms. The summed E-state index contributed by atoms with van der Waals surface area (Å²) in [4.78, 5) is 14.1. The topological polar surface area (TPSA) is 66.5 Å². The van der Waals surface area contributed by atoms with Gasteiger partial charge in [0, 0.05) is 25.2 Å². The molecule has 0 aliphatic carbocycles. The van der Waals surface area contributed by atoms with Gasteiger partial charge in [0.15, 0.2) is 0 Å². The summed E-state index contributed by atoms with van der Waals surface area (Å²) in [6.07, 6.45) is 0. The molecule has 0 bridgehead atoms. The van der Waals surface area contributed by atoms with Crippen LogP contribution in [0, 0.1) is 6.92 Å². The summed E-state index contributed by atoms with van der Waals surface area (Å²) in [5.74, 6) is -0.150. The molecule has 0 heterocycles. The average Bonchev–Trinajstić information content (AvgIpc) is 2.40. The maximum absolute atomic E-state index is 12.3. The van der Waals surface area contributed by atoms with Crippen molar-refractivity contribution in [3.63, 3.8) is 0 Å². The molecule has 1 N–H and O–H groups in total. The van der Waals surface area contributed by atoms with Gasteiger partial charge in [0.1, 0.15) is 0 Å². The summed E-state index contributed by atoms with van der Waals surface area (Å²) < 4.78 is 26.7. The largest absolute Gasteiger partial charge is 0.339 e. The van der Waals surface area contributed by atoms with Gasteiger partial charge in [0.05, 0.1) is 4.90 Å². The highest BCUT2D eigenvalue weighted by molar-refractivity contribution is 7.89. The van der Waals surface area contributed by atoms with Crippen molar-refractivity contribution in [2.45, 2.75) is 32.6 Å². The van der Waals surface area contributed by atoms with Crippen molar-refractivity contribution in [1.29, 1.82) is 0 Å². The Morgan fingerprint density at radius 1 is 1.20 bits per heavy atom. The van der Waals surface area contributed by atoms with Gasteiger partial charge in [-0.1, -0.05) is 13.0 Å². The minimum atomic E-state index is -3.56. The number of carbonyl (C=O) groups is 1. The first-order valence-corrected chi connectivity index (χ1v) is 8.25. The highest BCUT2D eigenvalue weighted by atomic mass is 32.2. The molecule has 112 valence electrons. The van der Waals surface area contributed by atoms with E-state index in [1.54, 1.807) is 30.9 Å². The fraction of sp³-hybridized carbons (Fsp3) is 0.500. The molecule has 1 rings (SSSR count). The average molecular weight is 298 g/mol. The third-order valence-electron chi connectivity index (χ3n) is 3.11. The van der Waals surface area contributed by atoms with Crippen LogP contribution in [0.2, 0.25) is 0 Å². The zero-order valence-corrected chi connectivity index (χ0v) is 13.3. The molecular weight excluding hydrogens is 276 g/mol. The Bertz CT molecular complexity index is 578. The molecule has 5 nitrogen and oxygen atoms in total. The summed E-state index contributed by atoms with van der Waals surface area (Å²) in [6.45, 7) is 8.73. The third kappa shape index (κ3) is 3.58. The SMILES string of the molecule is CCNS(=O)(=O)c1cc(C(=O)N(CC)CC)ccc1C. The Labute approximate surface area is 121 Å². The standard InChI is InChI=1S/C14H22N2O3S/c1-5-15-20(18,19)13-10-12(9-8-11(13)4)14(17)16(6-2)7-3/h8-10,15H,5-7H2,1-4H3. The summed E-state index contributed by atoms with van der Waals surface area (Å²) >= 11 is 0. The second-order valence-corrected chi connectivity index (χ2v) is 6.19. The number of hydrogen-bond donors (Lipinski definition) is 1. The molecule has 0 aliphatic heterocycles. The molecule has 1 aromatic rings. The van der Waals surface area contributed by atoms with Crippen molar-refractivity contribution in [2.24, 2.45) is 0 Å². The van der Waals surface area contributed by atoms with Gasteiger partial charge in [-0.2, -0.15) is 0 Å². The molecule has 0 unspecified atom stereocenters. The summed E-state index contributed by atoms with van der Waals surface area (Å²) in [5.41, 5.74) is 1.03. The molecule has 0 fully saturated rings. The van der Waals surface area contributed by atoms with E-state index >= 15 is 0 Å². The number of sulfonamides is 1. The van der Waals surface area contributed by atoms with Crippen LogP contribution in [0.3, 0.4) is 0 Å². The Balaban J connectivity index is 3.25. The van der Waals surface area contributed by atoms with Gasteiger partial charge in [0.2, 0.25) is 10.0 Å². The van der Waals surface area contributed by atoms with Crippen molar-refractivity contribution in [1.82, 2.24) is 9.62 Å². The van der Waals surface area contributed by atoms with Crippen molar-refractivity contribution in [3.05, 3.63) is 29.3 Å². The van der Waals surface area contributed by atoms with Gasteiger partial charge >= 0.3 is 0 Å². The van der Waals surface area contributed by atoms with Crippen LogP contribution in [-0.4, -0.2) is 38.9 Å². The lowest BCUT2D eigenvalue weighted by atomic mass is 10.1. The molecular formula is C14H22N2O3S. The maximum Gasteiger partial charge on any atom is 0.253 e. The predicted molar refractivity (Wildman–Crippen MR) is 79.3 cm³/mol. The number of rotatable bonds is 6. The highest BCUT2D eigenvalue weighted by Crippen LogP contribution is 2.18. The summed E-state index contributed by atoms with van der Waals surface area (Å²) in [6, 6.07) is 4.79. The lowest BCUT2D eigenvalue weighted by molar-refractivity contribution is 0.0772. The quantitative estimate of drug-likeness (QED) is 0.870. The van der Waals surface area contributed by atoms with Crippen molar-refractivity contribution < 1.29 is 13.2 Å². The van der Waals surface area contributed by atoms with Gasteiger partial charge < -0.3 is 4.90 Å². The number of aryl methyl sites for hydroxylation is 1.